The molecular formula is C28H38ClN3O2. The summed E-state index contributed by atoms with van der Waals surface area (Å²) < 4.78 is 5.96. The highest BCUT2D eigenvalue weighted by atomic mass is 35.5. The first-order valence-electron chi connectivity index (χ1n) is 12.8. The molecule has 34 heavy (non-hydrogen) atoms. The van der Waals surface area contributed by atoms with E-state index in [1.54, 1.807) is 0 Å². The highest BCUT2D eigenvalue weighted by Crippen LogP contribution is 2.26. The zero-order chi connectivity index (χ0) is 23.9. The van der Waals surface area contributed by atoms with Gasteiger partial charge in [-0.15, -0.1) is 0 Å². The minimum Gasteiger partial charge on any atom is -0.494 e. The summed E-state index contributed by atoms with van der Waals surface area (Å²) in [6.45, 7) is 11.6. The molecule has 0 spiro atoms. The number of rotatable bonds is 8. The van der Waals surface area contributed by atoms with E-state index >= 15 is 0 Å². The number of ether oxygens (including phenoxy) is 1. The number of piperidine rings is 1. The van der Waals surface area contributed by atoms with Gasteiger partial charge < -0.3 is 19.4 Å². The molecule has 6 heteroatoms. The van der Waals surface area contributed by atoms with E-state index in [-0.39, 0.29) is 5.91 Å². The first kappa shape index (κ1) is 24.9. The molecular weight excluding hydrogens is 446 g/mol. The van der Waals surface area contributed by atoms with Gasteiger partial charge in [0.05, 0.1) is 6.61 Å². The van der Waals surface area contributed by atoms with Crippen LogP contribution >= 0.6 is 11.6 Å². The van der Waals surface area contributed by atoms with E-state index in [0.29, 0.717) is 29.6 Å². The van der Waals surface area contributed by atoms with Gasteiger partial charge in [-0.1, -0.05) is 37.9 Å². The highest BCUT2D eigenvalue weighted by Gasteiger charge is 2.23. The summed E-state index contributed by atoms with van der Waals surface area (Å²) in [5.41, 5.74) is 2.93. The van der Waals surface area contributed by atoms with E-state index < -0.39 is 0 Å². The Kier molecular flexibility index (Phi) is 8.74. The summed E-state index contributed by atoms with van der Waals surface area (Å²) in [7, 11) is 0. The zero-order valence-electron chi connectivity index (χ0n) is 20.6. The summed E-state index contributed by atoms with van der Waals surface area (Å²) in [6, 6.07) is 14.1. The second-order valence-electron chi connectivity index (χ2n) is 9.77. The number of nitrogens with zero attached hydrogens (tertiary/aromatic N) is 3. The van der Waals surface area contributed by atoms with Gasteiger partial charge in [0.15, 0.2) is 0 Å². The number of likely N-dealkylation sites (tertiary alicyclic amines) is 1. The molecule has 0 saturated carbocycles. The number of carbonyl (C=O) groups excluding carboxylic acids is 1. The average molecular weight is 484 g/mol. The molecule has 0 aliphatic carbocycles. The Hall–Kier alpha value is -2.24. The van der Waals surface area contributed by atoms with Crippen molar-refractivity contribution in [2.45, 2.75) is 45.4 Å². The third-order valence-corrected chi connectivity index (χ3v) is 7.30. The molecule has 0 atom stereocenters. The van der Waals surface area contributed by atoms with Gasteiger partial charge in [0.1, 0.15) is 5.75 Å². The standard InChI is InChI=1S/C28H38ClN3O2/c1-22(2)26-12-7-23(21-27(26)29)28(33)32-18-16-31(17-19-32)24-8-10-25(11-9-24)34-20-6-15-30-13-4-3-5-14-30/h7-12,21-22H,3-6,13-20H2,1-2H3. The number of anilines is 1. The van der Waals surface area contributed by atoms with E-state index in [9.17, 15) is 4.79 Å². The Morgan fingerprint density at radius 1 is 0.941 bits per heavy atom. The molecule has 5 nitrogen and oxygen atoms in total. The third kappa shape index (κ3) is 6.45. The summed E-state index contributed by atoms with van der Waals surface area (Å²) in [5, 5.41) is 0.674. The van der Waals surface area contributed by atoms with Crippen LogP contribution in [0.2, 0.25) is 5.02 Å². The largest absolute Gasteiger partial charge is 0.494 e. The summed E-state index contributed by atoms with van der Waals surface area (Å²) >= 11 is 6.41. The first-order valence-corrected chi connectivity index (χ1v) is 13.2. The van der Waals surface area contributed by atoms with Crippen molar-refractivity contribution in [3.8, 4) is 5.75 Å². The van der Waals surface area contributed by atoms with Crippen LogP contribution in [0, 0.1) is 0 Å². The molecule has 4 rings (SSSR count). The van der Waals surface area contributed by atoms with Crippen molar-refractivity contribution in [1.82, 2.24) is 9.80 Å². The van der Waals surface area contributed by atoms with Gasteiger partial charge in [-0.2, -0.15) is 0 Å². The van der Waals surface area contributed by atoms with Gasteiger partial charge in [0, 0.05) is 49.0 Å². The molecule has 2 aliphatic rings. The zero-order valence-corrected chi connectivity index (χ0v) is 21.4. The van der Waals surface area contributed by atoms with Gasteiger partial charge in [-0.3, -0.25) is 4.79 Å². The number of amides is 1. The van der Waals surface area contributed by atoms with Crippen LogP contribution in [-0.2, 0) is 0 Å². The average Bonchev–Trinajstić information content (AvgIpc) is 2.87. The van der Waals surface area contributed by atoms with E-state index in [1.165, 1.54) is 38.0 Å². The Bertz CT molecular complexity index is 933. The first-order chi connectivity index (χ1) is 16.5. The Morgan fingerprint density at radius 2 is 1.65 bits per heavy atom. The van der Waals surface area contributed by atoms with Crippen LogP contribution in [0.25, 0.3) is 0 Å². The molecule has 0 bridgehead atoms. The fraction of sp³-hybridized carbons (Fsp3) is 0.536. The quantitative estimate of drug-likeness (QED) is 0.452. The molecule has 2 fully saturated rings. The monoisotopic (exact) mass is 483 g/mol. The summed E-state index contributed by atoms with van der Waals surface area (Å²) in [5.74, 6) is 1.33. The molecule has 0 aromatic heterocycles. The number of carbonyl (C=O) groups is 1. The van der Waals surface area contributed by atoms with Crippen LogP contribution < -0.4 is 9.64 Å². The molecule has 2 aromatic rings. The fourth-order valence-electron chi connectivity index (χ4n) is 4.89. The summed E-state index contributed by atoms with van der Waals surface area (Å²) in [6.07, 6.45) is 5.13. The van der Waals surface area contributed by atoms with Crippen molar-refractivity contribution in [2.24, 2.45) is 0 Å². The minimum absolute atomic E-state index is 0.0603. The van der Waals surface area contributed by atoms with Crippen molar-refractivity contribution in [2.75, 3.05) is 57.3 Å². The maximum atomic E-state index is 13.0. The number of benzene rings is 2. The van der Waals surface area contributed by atoms with Crippen LogP contribution in [0.15, 0.2) is 42.5 Å². The number of halogens is 1. The Morgan fingerprint density at radius 3 is 2.29 bits per heavy atom. The SMILES string of the molecule is CC(C)c1ccc(C(=O)N2CCN(c3ccc(OCCCN4CCCCC4)cc3)CC2)cc1Cl. The van der Waals surface area contributed by atoms with E-state index in [4.69, 9.17) is 16.3 Å². The smallest absolute Gasteiger partial charge is 0.254 e. The number of piperazine rings is 1. The molecule has 2 saturated heterocycles. The molecule has 0 N–H and O–H groups in total. The molecule has 2 heterocycles. The van der Waals surface area contributed by atoms with Crippen molar-refractivity contribution >= 4 is 23.2 Å². The number of hydrogen-bond donors (Lipinski definition) is 0. The topological polar surface area (TPSA) is 36.0 Å². The fourth-order valence-corrected chi connectivity index (χ4v) is 5.29. The van der Waals surface area contributed by atoms with Crippen LogP contribution in [0.1, 0.15) is 61.4 Å². The van der Waals surface area contributed by atoms with Gasteiger partial charge in [0.2, 0.25) is 0 Å². The molecule has 0 unspecified atom stereocenters. The second-order valence-corrected chi connectivity index (χ2v) is 10.2. The second kappa shape index (κ2) is 11.9. The molecule has 1 amide bonds. The molecule has 184 valence electrons. The minimum atomic E-state index is 0.0603. The van der Waals surface area contributed by atoms with Crippen molar-refractivity contribution in [1.29, 1.82) is 0 Å². The lowest BCUT2D eigenvalue weighted by Gasteiger charge is -2.36. The van der Waals surface area contributed by atoms with E-state index in [1.807, 2.05) is 23.1 Å². The van der Waals surface area contributed by atoms with Crippen LogP contribution in [0.5, 0.6) is 5.75 Å². The lowest BCUT2D eigenvalue weighted by Crippen LogP contribution is -2.48. The normalized spacial score (nSPS) is 17.3. The van der Waals surface area contributed by atoms with Gasteiger partial charge >= 0.3 is 0 Å². The number of hydrogen-bond acceptors (Lipinski definition) is 4. The van der Waals surface area contributed by atoms with Crippen molar-refractivity contribution in [3.05, 3.63) is 58.6 Å². The third-order valence-electron chi connectivity index (χ3n) is 6.97. The molecule has 2 aliphatic heterocycles. The van der Waals surface area contributed by atoms with Crippen molar-refractivity contribution < 1.29 is 9.53 Å². The van der Waals surface area contributed by atoms with Crippen LogP contribution in [0.4, 0.5) is 5.69 Å². The maximum Gasteiger partial charge on any atom is 0.254 e. The van der Waals surface area contributed by atoms with E-state index in [0.717, 1.165) is 44.0 Å². The highest BCUT2D eigenvalue weighted by molar-refractivity contribution is 6.31. The van der Waals surface area contributed by atoms with Crippen molar-refractivity contribution in [3.63, 3.8) is 0 Å². The molecule has 0 radical (unpaired) electrons. The maximum absolute atomic E-state index is 13.0. The predicted molar refractivity (Wildman–Crippen MR) is 141 cm³/mol. The van der Waals surface area contributed by atoms with E-state index in [2.05, 4.69) is 47.9 Å². The van der Waals surface area contributed by atoms with Gasteiger partial charge in [0.25, 0.3) is 5.91 Å². The summed E-state index contributed by atoms with van der Waals surface area (Å²) in [4.78, 5) is 19.8. The lowest BCUT2D eigenvalue weighted by atomic mass is 10.0. The van der Waals surface area contributed by atoms with Crippen LogP contribution in [0.3, 0.4) is 0 Å². The Balaban J connectivity index is 1.22. The van der Waals surface area contributed by atoms with Crippen LogP contribution in [-0.4, -0.2) is 68.1 Å². The Labute approximate surface area is 209 Å². The van der Waals surface area contributed by atoms with Gasteiger partial charge in [-0.25, -0.2) is 0 Å². The lowest BCUT2D eigenvalue weighted by molar-refractivity contribution is 0.0746. The van der Waals surface area contributed by atoms with Gasteiger partial charge in [-0.05, 0) is 80.2 Å². The molecule has 2 aromatic carbocycles. The predicted octanol–water partition coefficient (Wildman–Crippen LogP) is 5.68.